The normalized spacial score (nSPS) is 20.0. The van der Waals surface area contributed by atoms with Gasteiger partial charge in [-0.1, -0.05) is 62.9 Å². The number of benzene rings is 1. The van der Waals surface area contributed by atoms with Crippen molar-refractivity contribution in [3.8, 4) is 0 Å². The quantitative estimate of drug-likeness (QED) is 0.778. The molecule has 2 N–H and O–H groups in total. The van der Waals surface area contributed by atoms with Crippen molar-refractivity contribution in [3.05, 3.63) is 35.9 Å². The number of aliphatic hydroxyl groups is 1. The van der Waals surface area contributed by atoms with Crippen LogP contribution in [0.2, 0.25) is 0 Å². The number of rotatable bonds is 6. The Morgan fingerprint density at radius 1 is 1.15 bits per heavy atom. The summed E-state index contributed by atoms with van der Waals surface area (Å²) < 4.78 is 0. The van der Waals surface area contributed by atoms with Gasteiger partial charge in [-0.3, -0.25) is 0 Å². The summed E-state index contributed by atoms with van der Waals surface area (Å²) >= 11 is 0. The van der Waals surface area contributed by atoms with Crippen LogP contribution in [0.1, 0.15) is 57.4 Å². The van der Waals surface area contributed by atoms with Crippen LogP contribution >= 0.6 is 0 Å². The highest BCUT2D eigenvalue weighted by Crippen LogP contribution is 2.35. The molecule has 0 spiro atoms. The van der Waals surface area contributed by atoms with Gasteiger partial charge < -0.3 is 10.3 Å². The molecule has 1 saturated carbocycles. The Kier molecular flexibility index (Phi) is 5.58. The third kappa shape index (κ3) is 3.81. The molecule has 0 aliphatic heterocycles. The van der Waals surface area contributed by atoms with Gasteiger partial charge in [-0.2, -0.15) is 5.06 Å². The third-order valence-electron chi connectivity index (χ3n) is 4.45. The molecule has 1 aromatic rings. The highest BCUT2D eigenvalue weighted by Gasteiger charge is 2.40. The maximum absolute atomic E-state index is 10.9. The summed E-state index contributed by atoms with van der Waals surface area (Å²) in [6.07, 6.45) is 6.75. The Bertz CT molecular complexity index is 387. The van der Waals surface area contributed by atoms with Gasteiger partial charge >= 0.3 is 0 Å². The third-order valence-corrected chi connectivity index (χ3v) is 4.45. The van der Waals surface area contributed by atoms with Crippen molar-refractivity contribution in [3.63, 3.8) is 0 Å². The van der Waals surface area contributed by atoms with Crippen LogP contribution in [-0.2, 0) is 6.54 Å². The molecule has 3 heteroatoms. The summed E-state index contributed by atoms with van der Waals surface area (Å²) in [5, 5.41) is 22.8. The first-order valence-electron chi connectivity index (χ1n) is 7.87. The van der Waals surface area contributed by atoms with Crippen LogP contribution in [0, 0.1) is 0 Å². The number of hydroxylamine groups is 2. The monoisotopic (exact) mass is 277 g/mol. The zero-order chi connectivity index (χ0) is 14.4. The lowest BCUT2D eigenvalue weighted by molar-refractivity contribution is -0.201. The lowest BCUT2D eigenvalue weighted by Gasteiger charge is -2.42. The topological polar surface area (TPSA) is 43.7 Å². The van der Waals surface area contributed by atoms with E-state index in [2.05, 4.69) is 6.92 Å². The smallest absolute Gasteiger partial charge is 0.0825 e. The average molecular weight is 277 g/mol. The fourth-order valence-corrected chi connectivity index (χ4v) is 3.35. The molecule has 0 heterocycles. The Morgan fingerprint density at radius 2 is 1.80 bits per heavy atom. The van der Waals surface area contributed by atoms with Gasteiger partial charge in [0, 0.05) is 6.54 Å². The molecule has 0 aromatic heterocycles. The Balaban J connectivity index is 2.06. The summed E-state index contributed by atoms with van der Waals surface area (Å²) in [4.78, 5) is 0. The van der Waals surface area contributed by atoms with Crippen molar-refractivity contribution in [1.82, 2.24) is 5.06 Å². The molecule has 112 valence electrons. The van der Waals surface area contributed by atoms with Crippen LogP contribution in [-0.4, -0.2) is 27.0 Å². The van der Waals surface area contributed by atoms with Crippen LogP contribution in [0.5, 0.6) is 0 Å². The van der Waals surface area contributed by atoms with Gasteiger partial charge in [0.1, 0.15) is 0 Å². The van der Waals surface area contributed by atoms with Crippen molar-refractivity contribution in [2.24, 2.45) is 0 Å². The number of nitrogens with zero attached hydrogens (tertiary/aromatic N) is 1. The number of hydrogen-bond donors (Lipinski definition) is 2. The standard InChI is InChI=1S/C17H27NO2/c1-2-9-16(17(19)12-7-4-8-13-17)18(20)14-15-10-5-3-6-11-15/h3,5-6,10-11,16,19-20H,2,4,7-9,12-14H2,1H3. The van der Waals surface area contributed by atoms with E-state index >= 15 is 0 Å². The highest BCUT2D eigenvalue weighted by atomic mass is 16.5. The number of hydrogen-bond acceptors (Lipinski definition) is 3. The van der Waals surface area contributed by atoms with Crippen LogP contribution in [0.3, 0.4) is 0 Å². The van der Waals surface area contributed by atoms with E-state index in [0.717, 1.165) is 44.1 Å². The molecular formula is C17H27NO2. The zero-order valence-corrected chi connectivity index (χ0v) is 12.5. The molecule has 1 unspecified atom stereocenters. The fourth-order valence-electron chi connectivity index (χ4n) is 3.35. The molecule has 0 radical (unpaired) electrons. The second kappa shape index (κ2) is 7.21. The first-order chi connectivity index (χ1) is 9.65. The largest absolute Gasteiger partial charge is 0.388 e. The van der Waals surface area contributed by atoms with Crippen LogP contribution in [0.25, 0.3) is 0 Å². The highest BCUT2D eigenvalue weighted by molar-refractivity contribution is 5.14. The van der Waals surface area contributed by atoms with Crippen molar-refractivity contribution in [2.45, 2.75) is 70.1 Å². The van der Waals surface area contributed by atoms with Gasteiger partial charge in [-0.25, -0.2) is 0 Å². The predicted octanol–water partition coefficient (Wildman–Crippen LogP) is 3.74. The fraction of sp³-hybridized carbons (Fsp3) is 0.647. The van der Waals surface area contributed by atoms with Gasteiger partial charge in [0.2, 0.25) is 0 Å². The molecule has 1 fully saturated rings. The Hall–Kier alpha value is -0.900. The molecule has 1 aliphatic rings. The van der Waals surface area contributed by atoms with Crippen LogP contribution < -0.4 is 0 Å². The molecule has 0 saturated heterocycles. The summed E-state index contributed by atoms with van der Waals surface area (Å²) in [6, 6.07) is 9.80. The van der Waals surface area contributed by atoms with Gasteiger partial charge in [0.05, 0.1) is 11.6 Å². The maximum atomic E-state index is 10.9. The average Bonchev–Trinajstić information content (AvgIpc) is 2.46. The van der Waals surface area contributed by atoms with Crippen molar-refractivity contribution in [1.29, 1.82) is 0 Å². The maximum Gasteiger partial charge on any atom is 0.0825 e. The van der Waals surface area contributed by atoms with E-state index in [9.17, 15) is 10.3 Å². The summed E-state index contributed by atoms with van der Waals surface area (Å²) in [5.41, 5.74) is 0.355. The summed E-state index contributed by atoms with van der Waals surface area (Å²) in [5.74, 6) is 0. The van der Waals surface area contributed by atoms with Gasteiger partial charge in [0.15, 0.2) is 0 Å². The van der Waals surface area contributed by atoms with Crippen LogP contribution in [0.4, 0.5) is 0 Å². The second-order valence-corrected chi connectivity index (χ2v) is 6.05. The molecule has 0 bridgehead atoms. The van der Waals surface area contributed by atoms with E-state index in [1.54, 1.807) is 0 Å². The van der Waals surface area contributed by atoms with E-state index in [1.807, 2.05) is 30.3 Å². The minimum Gasteiger partial charge on any atom is -0.388 e. The lowest BCUT2D eigenvalue weighted by Crippen LogP contribution is -2.52. The Morgan fingerprint density at radius 3 is 2.40 bits per heavy atom. The predicted molar refractivity (Wildman–Crippen MR) is 80.5 cm³/mol. The Labute approximate surface area is 122 Å². The van der Waals surface area contributed by atoms with E-state index < -0.39 is 5.60 Å². The second-order valence-electron chi connectivity index (χ2n) is 6.05. The minimum atomic E-state index is -0.724. The van der Waals surface area contributed by atoms with Crippen molar-refractivity contribution >= 4 is 0 Å². The molecular weight excluding hydrogens is 250 g/mol. The first-order valence-corrected chi connectivity index (χ1v) is 7.87. The molecule has 0 amide bonds. The summed E-state index contributed by atoms with van der Waals surface area (Å²) in [7, 11) is 0. The van der Waals surface area contributed by atoms with Gasteiger partial charge in [0.25, 0.3) is 0 Å². The van der Waals surface area contributed by atoms with Gasteiger partial charge in [-0.15, -0.1) is 0 Å². The van der Waals surface area contributed by atoms with E-state index in [0.29, 0.717) is 6.54 Å². The first kappa shape index (κ1) is 15.5. The van der Waals surface area contributed by atoms with E-state index in [4.69, 9.17) is 0 Å². The summed E-state index contributed by atoms with van der Waals surface area (Å²) in [6.45, 7) is 2.59. The molecule has 20 heavy (non-hydrogen) atoms. The van der Waals surface area contributed by atoms with Crippen molar-refractivity contribution in [2.75, 3.05) is 0 Å². The minimum absolute atomic E-state index is 0.159. The molecule has 2 rings (SSSR count). The van der Waals surface area contributed by atoms with Gasteiger partial charge in [-0.05, 0) is 24.8 Å². The van der Waals surface area contributed by atoms with Crippen molar-refractivity contribution < 1.29 is 10.3 Å². The lowest BCUT2D eigenvalue weighted by atomic mass is 9.77. The van der Waals surface area contributed by atoms with E-state index in [-0.39, 0.29) is 6.04 Å². The van der Waals surface area contributed by atoms with Crippen LogP contribution in [0.15, 0.2) is 30.3 Å². The molecule has 1 atom stereocenters. The molecule has 1 aromatic carbocycles. The molecule has 3 nitrogen and oxygen atoms in total. The van der Waals surface area contributed by atoms with E-state index in [1.165, 1.54) is 11.5 Å². The molecule has 1 aliphatic carbocycles. The zero-order valence-electron chi connectivity index (χ0n) is 12.5. The SMILES string of the molecule is CCCC(N(O)Cc1ccccc1)C1(O)CCCCC1.